The van der Waals surface area contributed by atoms with E-state index in [0.717, 1.165) is 34.6 Å². The quantitative estimate of drug-likeness (QED) is 0.753. The summed E-state index contributed by atoms with van der Waals surface area (Å²) >= 11 is 0. The first-order valence-corrected chi connectivity index (χ1v) is 9.03. The molecule has 0 aromatic heterocycles. The fraction of sp³-hybridized carbons (Fsp3) is 0.409. The van der Waals surface area contributed by atoms with Crippen LogP contribution in [0, 0.1) is 19.8 Å². The molecule has 4 heteroatoms. The maximum Gasteiger partial charge on any atom is 0.258 e. The molecule has 0 radical (unpaired) electrons. The zero-order valence-electron chi connectivity index (χ0n) is 16.3. The number of benzene rings is 2. The van der Waals surface area contributed by atoms with Gasteiger partial charge in [0.25, 0.3) is 5.91 Å². The zero-order valence-corrected chi connectivity index (χ0v) is 16.3. The number of methoxy groups -OCH3 is 1. The summed E-state index contributed by atoms with van der Waals surface area (Å²) in [7, 11) is 1.65. The average molecular weight is 355 g/mol. The molecule has 1 N–H and O–H groups in total. The largest absolute Gasteiger partial charge is 0.497 e. The van der Waals surface area contributed by atoms with Crippen molar-refractivity contribution in [2.75, 3.05) is 13.7 Å². The molecule has 140 valence electrons. The van der Waals surface area contributed by atoms with Gasteiger partial charge in [0.15, 0.2) is 6.61 Å². The molecule has 2 rings (SSSR count). The third kappa shape index (κ3) is 5.51. The lowest BCUT2D eigenvalue weighted by atomic mass is 9.97. The highest BCUT2D eigenvalue weighted by Crippen LogP contribution is 2.24. The number of nitrogens with one attached hydrogen (secondary N) is 1. The Morgan fingerprint density at radius 1 is 1.08 bits per heavy atom. The first kappa shape index (κ1) is 19.8. The number of aryl methyl sites for hydroxylation is 1. The second-order valence-corrected chi connectivity index (χ2v) is 7.01. The van der Waals surface area contributed by atoms with E-state index in [4.69, 9.17) is 9.47 Å². The number of amides is 1. The van der Waals surface area contributed by atoms with Crippen LogP contribution in [-0.4, -0.2) is 19.6 Å². The van der Waals surface area contributed by atoms with Gasteiger partial charge in [-0.25, -0.2) is 0 Å². The molecule has 0 heterocycles. The Bertz CT molecular complexity index is 723. The van der Waals surface area contributed by atoms with Gasteiger partial charge in [-0.1, -0.05) is 38.1 Å². The van der Waals surface area contributed by atoms with Crippen LogP contribution in [-0.2, 0) is 4.79 Å². The summed E-state index contributed by atoms with van der Waals surface area (Å²) in [4.78, 5) is 12.4. The van der Waals surface area contributed by atoms with Crippen molar-refractivity contribution < 1.29 is 14.3 Å². The number of hydrogen-bond donors (Lipinski definition) is 1. The molecular weight excluding hydrogens is 326 g/mol. The lowest BCUT2D eigenvalue weighted by molar-refractivity contribution is -0.124. The first-order valence-electron chi connectivity index (χ1n) is 9.03. The Balaban J connectivity index is 2.02. The average Bonchev–Trinajstić information content (AvgIpc) is 2.62. The second kappa shape index (κ2) is 9.27. The van der Waals surface area contributed by atoms with Gasteiger partial charge >= 0.3 is 0 Å². The molecule has 0 aliphatic rings. The minimum atomic E-state index is -0.118. The maximum atomic E-state index is 12.4. The SMILES string of the molecule is COc1ccc([C@@H](CC(C)C)NC(=O)COc2cccc(C)c2C)cc1. The highest BCUT2D eigenvalue weighted by Gasteiger charge is 2.17. The summed E-state index contributed by atoms with van der Waals surface area (Å²) in [5.41, 5.74) is 3.28. The van der Waals surface area contributed by atoms with Gasteiger partial charge < -0.3 is 14.8 Å². The molecule has 0 aliphatic heterocycles. The van der Waals surface area contributed by atoms with Crippen LogP contribution in [0.5, 0.6) is 11.5 Å². The van der Waals surface area contributed by atoms with E-state index in [9.17, 15) is 4.79 Å². The number of ether oxygens (including phenoxy) is 2. The summed E-state index contributed by atoms with van der Waals surface area (Å²) < 4.78 is 10.9. The van der Waals surface area contributed by atoms with Crippen LogP contribution in [0.3, 0.4) is 0 Å². The first-order chi connectivity index (χ1) is 12.4. The van der Waals surface area contributed by atoms with Crippen molar-refractivity contribution in [3.63, 3.8) is 0 Å². The summed E-state index contributed by atoms with van der Waals surface area (Å²) in [5.74, 6) is 1.90. The third-order valence-electron chi connectivity index (χ3n) is 4.47. The van der Waals surface area contributed by atoms with Crippen LogP contribution < -0.4 is 14.8 Å². The third-order valence-corrected chi connectivity index (χ3v) is 4.47. The summed E-state index contributed by atoms with van der Waals surface area (Å²) in [5, 5.41) is 3.10. The molecule has 2 aromatic carbocycles. The Morgan fingerprint density at radius 2 is 1.77 bits per heavy atom. The molecule has 0 bridgehead atoms. The molecule has 26 heavy (non-hydrogen) atoms. The van der Waals surface area contributed by atoms with Crippen molar-refractivity contribution in [2.24, 2.45) is 5.92 Å². The molecule has 4 nitrogen and oxygen atoms in total. The zero-order chi connectivity index (χ0) is 19.1. The molecule has 0 aliphatic carbocycles. The monoisotopic (exact) mass is 355 g/mol. The summed E-state index contributed by atoms with van der Waals surface area (Å²) in [6.45, 7) is 8.34. The fourth-order valence-corrected chi connectivity index (χ4v) is 2.85. The summed E-state index contributed by atoms with van der Waals surface area (Å²) in [6, 6.07) is 13.7. The Kier molecular flexibility index (Phi) is 7.07. The standard InChI is InChI=1S/C22H29NO3/c1-15(2)13-20(18-9-11-19(25-5)12-10-18)23-22(24)14-26-21-8-6-7-16(3)17(21)4/h6-12,15,20H,13-14H2,1-5H3,(H,23,24)/t20-/m1/s1. The van der Waals surface area contributed by atoms with E-state index < -0.39 is 0 Å². The van der Waals surface area contributed by atoms with Crippen molar-refractivity contribution in [3.05, 3.63) is 59.2 Å². The van der Waals surface area contributed by atoms with Crippen molar-refractivity contribution >= 4 is 5.91 Å². The normalized spacial score (nSPS) is 11.9. The predicted molar refractivity (Wildman–Crippen MR) is 105 cm³/mol. The van der Waals surface area contributed by atoms with Crippen LogP contribution in [0.15, 0.2) is 42.5 Å². The molecule has 1 atom stereocenters. The van der Waals surface area contributed by atoms with Gasteiger partial charge in [0.05, 0.1) is 13.2 Å². The van der Waals surface area contributed by atoms with E-state index in [0.29, 0.717) is 5.92 Å². The number of hydrogen-bond acceptors (Lipinski definition) is 3. The summed E-state index contributed by atoms with van der Waals surface area (Å²) in [6.07, 6.45) is 0.863. The van der Waals surface area contributed by atoms with E-state index >= 15 is 0 Å². The Labute approximate surface area is 156 Å². The maximum absolute atomic E-state index is 12.4. The molecular formula is C22H29NO3. The molecule has 0 saturated carbocycles. The minimum Gasteiger partial charge on any atom is -0.497 e. The Morgan fingerprint density at radius 3 is 2.38 bits per heavy atom. The van der Waals surface area contributed by atoms with Crippen LogP contribution in [0.25, 0.3) is 0 Å². The van der Waals surface area contributed by atoms with Crippen LogP contribution in [0.4, 0.5) is 0 Å². The van der Waals surface area contributed by atoms with Crippen molar-refractivity contribution in [1.29, 1.82) is 0 Å². The lowest BCUT2D eigenvalue weighted by Gasteiger charge is -2.22. The highest BCUT2D eigenvalue weighted by molar-refractivity contribution is 5.78. The highest BCUT2D eigenvalue weighted by atomic mass is 16.5. The number of carbonyl (C=O) groups excluding carboxylic acids is 1. The van der Waals surface area contributed by atoms with Crippen molar-refractivity contribution in [3.8, 4) is 11.5 Å². The van der Waals surface area contributed by atoms with E-state index in [2.05, 4.69) is 19.2 Å². The predicted octanol–water partition coefficient (Wildman–Crippen LogP) is 4.59. The van der Waals surface area contributed by atoms with Gasteiger partial charge in [0, 0.05) is 0 Å². The van der Waals surface area contributed by atoms with Crippen LogP contribution >= 0.6 is 0 Å². The molecule has 1 amide bonds. The fourth-order valence-electron chi connectivity index (χ4n) is 2.85. The smallest absolute Gasteiger partial charge is 0.258 e. The Hall–Kier alpha value is -2.49. The topological polar surface area (TPSA) is 47.6 Å². The van der Waals surface area contributed by atoms with Gasteiger partial charge in [0.1, 0.15) is 11.5 Å². The molecule has 0 unspecified atom stereocenters. The van der Waals surface area contributed by atoms with E-state index in [1.165, 1.54) is 0 Å². The van der Waals surface area contributed by atoms with Crippen molar-refractivity contribution in [2.45, 2.75) is 40.2 Å². The van der Waals surface area contributed by atoms with Gasteiger partial charge in [-0.15, -0.1) is 0 Å². The van der Waals surface area contributed by atoms with E-state index in [-0.39, 0.29) is 18.6 Å². The van der Waals surface area contributed by atoms with Gasteiger partial charge in [-0.05, 0) is 61.1 Å². The number of carbonyl (C=O) groups is 1. The molecule has 0 spiro atoms. The molecule has 0 fully saturated rings. The van der Waals surface area contributed by atoms with Gasteiger partial charge in [-0.3, -0.25) is 4.79 Å². The van der Waals surface area contributed by atoms with Crippen molar-refractivity contribution in [1.82, 2.24) is 5.32 Å². The van der Waals surface area contributed by atoms with E-state index in [1.807, 2.05) is 56.3 Å². The lowest BCUT2D eigenvalue weighted by Crippen LogP contribution is -2.33. The molecule has 0 saturated heterocycles. The van der Waals surface area contributed by atoms with Crippen LogP contribution in [0.2, 0.25) is 0 Å². The minimum absolute atomic E-state index is 0.00897. The molecule has 2 aromatic rings. The van der Waals surface area contributed by atoms with Gasteiger partial charge in [0.2, 0.25) is 0 Å². The van der Waals surface area contributed by atoms with Crippen LogP contribution in [0.1, 0.15) is 43.0 Å². The number of rotatable bonds is 8. The van der Waals surface area contributed by atoms with Gasteiger partial charge in [-0.2, -0.15) is 0 Å². The second-order valence-electron chi connectivity index (χ2n) is 7.01. The van der Waals surface area contributed by atoms with E-state index in [1.54, 1.807) is 7.11 Å².